The maximum Gasteiger partial charge on any atom is 0.177 e. The number of hydrogen-bond donors (Lipinski definition) is 3. The normalized spacial score (nSPS) is 9.92. The Kier molecular flexibility index (Phi) is 2.77. The van der Waals surface area contributed by atoms with E-state index >= 15 is 0 Å². The van der Waals surface area contributed by atoms with Crippen LogP contribution in [0.3, 0.4) is 0 Å². The van der Waals surface area contributed by atoms with Crippen molar-refractivity contribution in [3.63, 3.8) is 0 Å². The van der Waals surface area contributed by atoms with Gasteiger partial charge in [0, 0.05) is 5.69 Å². The van der Waals surface area contributed by atoms with E-state index in [1.807, 2.05) is 0 Å². The number of phenolic OH excluding ortho intramolecular Hbond substituents is 1. The van der Waals surface area contributed by atoms with Gasteiger partial charge >= 0.3 is 0 Å². The van der Waals surface area contributed by atoms with Crippen molar-refractivity contribution in [3.8, 4) is 5.75 Å². The molecule has 0 saturated carbocycles. The Labute approximate surface area is 83.7 Å². The minimum absolute atomic E-state index is 0.0319. The molecule has 0 spiro atoms. The largest absolute Gasteiger partial charge is 0.506 e. The van der Waals surface area contributed by atoms with Crippen molar-refractivity contribution in [2.24, 2.45) is 0 Å². The molecule has 0 aromatic heterocycles. The summed E-state index contributed by atoms with van der Waals surface area (Å²) in [6, 6.07) is 2.80. The molecule has 0 aliphatic heterocycles. The molecule has 13 heavy (non-hydrogen) atoms. The molecule has 0 heterocycles. The number of alkyl halides is 1. The lowest BCUT2D eigenvalue weighted by Crippen LogP contribution is -2.08. The lowest BCUT2D eigenvalue weighted by molar-refractivity contribution is 0.102. The van der Waals surface area contributed by atoms with Crippen LogP contribution in [0.2, 0.25) is 0 Å². The molecular weight excluding hydrogens is 236 g/mol. The van der Waals surface area contributed by atoms with E-state index in [0.717, 1.165) is 0 Å². The summed E-state index contributed by atoms with van der Waals surface area (Å²) in [4.78, 5) is 11.3. The third-order valence-electron chi connectivity index (χ3n) is 1.65. The van der Waals surface area contributed by atoms with E-state index in [0.29, 0.717) is 0 Å². The lowest BCUT2D eigenvalue weighted by atomic mass is 10.1. The van der Waals surface area contributed by atoms with Crippen molar-refractivity contribution >= 4 is 33.1 Å². The summed E-state index contributed by atoms with van der Waals surface area (Å²) < 4.78 is 0. The summed E-state index contributed by atoms with van der Waals surface area (Å²) in [5, 5.41) is 9.35. The Morgan fingerprint density at radius 1 is 1.46 bits per heavy atom. The van der Waals surface area contributed by atoms with Crippen LogP contribution in [0.1, 0.15) is 10.4 Å². The fourth-order valence-corrected chi connectivity index (χ4v) is 1.28. The first-order valence-electron chi connectivity index (χ1n) is 3.54. The van der Waals surface area contributed by atoms with Crippen LogP contribution >= 0.6 is 15.9 Å². The molecule has 0 saturated heterocycles. The van der Waals surface area contributed by atoms with E-state index in [9.17, 15) is 9.90 Å². The molecule has 4 nitrogen and oxygen atoms in total. The van der Waals surface area contributed by atoms with E-state index in [-0.39, 0.29) is 33.8 Å². The second-order valence-corrected chi connectivity index (χ2v) is 3.08. The number of nitrogen functional groups attached to an aromatic ring is 2. The average molecular weight is 245 g/mol. The number of halogens is 1. The zero-order valence-corrected chi connectivity index (χ0v) is 8.34. The van der Waals surface area contributed by atoms with Gasteiger partial charge in [-0.25, -0.2) is 0 Å². The van der Waals surface area contributed by atoms with Crippen molar-refractivity contribution < 1.29 is 9.90 Å². The number of anilines is 2. The number of hydrogen-bond acceptors (Lipinski definition) is 4. The average Bonchev–Trinajstić information content (AvgIpc) is 2.12. The van der Waals surface area contributed by atoms with Gasteiger partial charge in [0.05, 0.1) is 16.6 Å². The second-order valence-electron chi connectivity index (χ2n) is 2.52. The van der Waals surface area contributed by atoms with Crippen LogP contribution in [0.15, 0.2) is 12.1 Å². The molecule has 0 radical (unpaired) electrons. The van der Waals surface area contributed by atoms with Crippen LogP contribution < -0.4 is 11.5 Å². The van der Waals surface area contributed by atoms with E-state index in [1.54, 1.807) is 0 Å². The van der Waals surface area contributed by atoms with Crippen LogP contribution in [-0.4, -0.2) is 16.2 Å². The number of aromatic hydroxyl groups is 1. The monoisotopic (exact) mass is 244 g/mol. The quantitative estimate of drug-likeness (QED) is 0.239. The molecule has 70 valence electrons. The van der Waals surface area contributed by atoms with E-state index in [4.69, 9.17) is 11.5 Å². The summed E-state index contributed by atoms with van der Waals surface area (Å²) in [5.41, 5.74) is 11.5. The number of nitrogens with two attached hydrogens (primary N) is 2. The molecule has 0 bridgehead atoms. The molecule has 1 aromatic rings. The fraction of sp³-hybridized carbons (Fsp3) is 0.125. The van der Waals surface area contributed by atoms with E-state index in [2.05, 4.69) is 15.9 Å². The molecule has 1 aromatic carbocycles. The smallest absolute Gasteiger partial charge is 0.177 e. The van der Waals surface area contributed by atoms with Crippen LogP contribution in [0.25, 0.3) is 0 Å². The van der Waals surface area contributed by atoms with Crippen molar-refractivity contribution in [3.05, 3.63) is 17.7 Å². The first kappa shape index (κ1) is 9.85. The predicted octanol–water partition coefficient (Wildman–Crippen LogP) is 1.13. The summed E-state index contributed by atoms with van der Waals surface area (Å²) in [6.07, 6.45) is 0. The summed E-state index contributed by atoms with van der Waals surface area (Å²) in [5.74, 6) is -0.371. The molecule has 1 rings (SSSR count). The molecule has 0 fully saturated rings. The third kappa shape index (κ3) is 1.75. The van der Waals surface area contributed by atoms with E-state index < -0.39 is 0 Å². The third-order valence-corrected chi connectivity index (χ3v) is 2.16. The maximum atomic E-state index is 11.3. The molecule has 0 aliphatic carbocycles. The van der Waals surface area contributed by atoms with Gasteiger partial charge in [0.1, 0.15) is 5.75 Å². The van der Waals surface area contributed by atoms with Crippen molar-refractivity contribution in [1.82, 2.24) is 0 Å². The fourth-order valence-electron chi connectivity index (χ4n) is 1.00. The van der Waals surface area contributed by atoms with E-state index in [1.165, 1.54) is 12.1 Å². The van der Waals surface area contributed by atoms with Crippen molar-refractivity contribution in [1.29, 1.82) is 0 Å². The Morgan fingerprint density at radius 3 is 2.62 bits per heavy atom. The highest BCUT2D eigenvalue weighted by Crippen LogP contribution is 2.29. The second kappa shape index (κ2) is 3.66. The predicted molar refractivity (Wildman–Crippen MR) is 55.1 cm³/mol. The van der Waals surface area contributed by atoms with Gasteiger partial charge in [0.15, 0.2) is 5.78 Å². The maximum absolute atomic E-state index is 11.3. The topological polar surface area (TPSA) is 89.3 Å². The Bertz CT molecular complexity index is 352. The van der Waals surface area contributed by atoms with Gasteiger partial charge in [-0.2, -0.15) is 0 Å². The molecule has 0 aliphatic rings. The van der Waals surface area contributed by atoms with Gasteiger partial charge in [-0.1, -0.05) is 15.9 Å². The number of ketones is 1. The SMILES string of the molecule is Nc1ccc(O)c(N)c1C(=O)CBr. The number of phenols is 1. The lowest BCUT2D eigenvalue weighted by Gasteiger charge is -2.07. The van der Waals surface area contributed by atoms with Gasteiger partial charge in [-0.3, -0.25) is 4.79 Å². The van der Waals surface area contributed by atoms with Gasteiger partial charge in [0.2, 0.25) is 0 Å². The highest BCUT2D eigenvalue weighted by Gasteiger charge is 2.14. The minimum Gasteiger partial charge on any atom is -0.506 e. The Balaban J connectivity index is 3.33. The van der Waals surface area contributed by atoms with Crippen LogP contribution in [-0.2, 0) is 0 Å². The highest BCUT2D eigenvalue weighted by molar-refractivity contribution is 9.09. The molecular formula is C8H9BrN2O2. The standard InChI is InChI=1S/C8H9BrN2O2/c9-3-6(13)7-4(10)1-2-5(12)8(7)11/h1-2,12H,3,10-11H2. The number of rotatable bonds is 2. The number of Topliss-reactive ketones (excluding diaryl/α,β-unsaturated/α-hetero) is 1. The number of carbonyl (C=O) groups is 1. The van der Waals surface area contributed by atoms with Crippen molar-refractivity contribution in [2.45, 2.75) is 0 Å². The first-order valence-corrected chi connectivity index (χ1v) is 4.66. The Hall–Kier alpha value is -1.23. The summed E-state index contributed by atoms with van der Waals surface area (Å²) in [6.45, 7) is 0. The van der Waals surface area contributed by atoms with Gasteiger partial charge < -0.3 is 16.6 Å². The summed E-state index contributed by atoms with van der Waals surface area (Å²) in [7, 11) is 0. The highest BCUT2D eigenvalue weighted by atomic mass is 79.9. The molecule has 5 N–H and O–H groups in total. The van der Waals surface area contributed by atoms with Gasteiger partial charge in [0.25, 0.3) is 0 Å². The zero-order chi connectivity index (χ0) is 10.0. The van der Waals surface area contributed by atoms with Crippen LogP contribution in [0.4, 0.5) is 11.4 Å². The minimum atomic E-state index is -0.245. The van der Waals surface area contributed by atoms with Crippen molar-refractivity contribution in [2.75, 3.05) is 16.8 Å². The number of benzene rings is 1. The molecule has 0 unspecified atom stereocenters. The van der Waals surface area contributed by atoms with Gasteiger partial charge in [-0.15, -0.1) is 0 Å². The number of carbonyl (C=O) groups excluding carboxylic acids is 1. The van der Waals surface area contributed by atoms with Crippen LogP contribution in [0, 0.1) is 0 Å². The molecule has 0 amide bonds. The zero-order valence-electron chi connectivity index (χ0n) is 6.75. The van der Waals surface area contributed by atoms with Gasteiger partial charge in [-0.05, 0) is 12.1 Å². The Morgan fingerprint density at radius 2 is 2.08 bits per heavy atom. The molecule has 0 atom stereocenters. The first-order chi connectivity index (χ1) is 6.07. The molecule has 5 heteroatoms. The van der Waals surface area contributed by atoms with Crippen LogP contribution in [0.5, 0.6) is 5.75 Å². The summed E-state index contributed by atoms with van der Waals surface area (Å²) >= 11 is 3.00.